The number of fused-ring (bicyclic) bond motifs is 1. The van der Waals surface area contributed by atoms with Crippen molar-refractivity contribution in [2.75, 3.05) is 5.32 Å². The van der Waals surface area contributed by atoms with Crippen molar-refractivity contribution in [2.24, 2.45) is 0 Å². The van der Waals surface area contributed by atoms with Crippen LogP contribution < -0.4 is 10.0 Å². The van der Waals surface area contributed by atoms with Gasteiger partial charge in [0, 0.05) is 23.2 Å². The summed E-state index contributed by atoms with van der Waals surface area (Å²) in [4.78, 5) is 17.1. The number of amides is 1. The first-order chi connectivity index (χ1) is 12.9. The van der Waals surface area contributed by atoms with Gasteiger partial charge < -0.3 is 5.32 Å². The summed E-state index contributed by atoms with van der Waals surface area (Å²) >= 11 is 0. The van der Waals surface area contributed by atoms with Gasteiger partial charge >= 0.3 is 0 Å². The Kier molecular flexibility index (Phi) is 4.41. The molecule has 0 atom stereocenters. The number of hydrogen-bond donors (Lipinski definition) is 2. The smallest absolute Gasteiger partial charge is 0.255 e. The van der Waals surface area contributed by atoms with E-state index in [9.17, 15) is 13.2 Å². The first kappa shape index (κ1) is 17.6. The van der Waals surface area contributed by atoms with Crippen molar-refractivity contribution in [3.8, 4) is 0 Å². The second-order valence-electron chi connectivity index (χ2n) is 6.70. The zero-order valence-electron chi connectivity index (χ0n) is 14.8. The lowest BCUT2D eigenvalue weighted by molar-refractivity contribution is 0.102. The van der Waals surface area contributed by atoms with Crippen molar-refractivity contribution < 1.29 is 13.2 Å². The standard InChI is InChI=1S/C20H19N3O3S/c1-13-3-2-4-17-18(11-12-21-19(13)17)22-20(24)14-5-9-16(10-6-14)27(25,26)23-15-7-8-15/h2-6,9-12,15,23H,7-8H2,1H3,(H,21,22,24). The molecule has 27 heavy (non-hydrogen) atoms. The minimum atomic E-state index is -3.52. The van der Waals surface area contributed by atoms with E-state index in [2.05, 4.69) is 15.0 Å². The third-order valence-electron chi connectivity index (χ3n) is 4.55. The number of carbonyl (C=O) groups excluding carboxylic acids is 1. The number of nitrogens with one attached hydrogen (secondary N) is 2. The Bertz CT molecular complexity index is 1120. The summed E-state index contributed by atoms with van der Waals surface area (Å²) in [6, 6.07) is 13.5. The number of benzene rings is 2. The highest BCUT2D eigenvalue weighted by molar-refractivity contribution is 7.89. The van der Waals surface area contributed by atoms with E-state index in [4.69, 9.17) is 0 Å². The van der Waals surface area contributed by atoms with Gasteiger partial charge in [-0.2, -0.15) is 0 Å². The molecule has 1 aromatic heterocycles. The van der Waals surface area contributed by atoms with E-state index >= 15 is 0 Å². The first-order valence-corrected chi connectivity index (χ1v) is 10.2. The monoisotopic (exact) mass is 381 g/mol. The van der Waals surface area contributed by atoms with Gasteiger partial charge in [-0.25, -0.2) is 13.1 Å². The van der Waals surface area contributed by atoms with E-state index in [-0.39, 0.29) is 16.8 Å². The average molecular weight is 381 g/mol. The zero-order valence-corrected chi connectivity index (χ0v) is 15.6. The number of aryl methyl sites for hydroxylation is 1. The molecule has 2 N–H and O–H groups in total. The predicted molar refractivity (Wildman–Crippen MR) is 104 cm³/mol. The van der Waals surface area contributed by atoms with Crippen LogP contribution in [0.2, 0.25) is 0 Å². The van der Waals surface area contributed by atoms with Crippen LogP contribution in [0.4, 0.5) is 5.69 Å². The Labute approximate surface area is 157 Å². The molecule has 1 saturated carbocycles. The van der Waals surface area contributed by atoms with Gasteiger partial charge in [0.15, 0.2) is 0 Å². The molecule has 1 aliphatic carbocycles. The molecular formula is C20H19N3O3S. The fourth-order valence-electron chi connectivity index (χ4n) is 2.90. The Morgan fingerprint density at radius 2 is 1.81 bits per heavy atom. The lowest BCUT2D eigenvalue weighted by atomic mass is 10.1. The molecule has 138 valence electrons. The molecule has 7 heteroatoms. The van der Waals surface area contributed by atoms with Gasteiger partial charge in [0.1, 0.15) is 0 Å². The summed E-state index contributed by atoms with van der Waals surface area (Å²) in [5.41, 5.74) is 2.92. The summed E-state index contributed by atoms with van der Waals surface area (Å²) in [5, 5.41) is 3.74. The normalized spacial score (nSPS) is 14.3. The van der Waals surface area contributed by atoms with Crippen molar-refractivity contribution in [1.82, 2.24) is 9.71 Å². The quantitative estimate of drug-likeness (QED) is 0.710. The summed E-state index contributed by atoms with van der Waals surface area (Å²) < 4.78 is 27.1. The van der Waals surface area contributed by atoms with E-state index in [0.29, 0.717) is 11.3 Å². The topological polar surface area (TPSA) is 88.2 Å². The summed E-state index contributed by atoms with van der Waals surface area (Å²) in [7, 11) is -3.52. The SMILES string of the molecule is Cc1cccc2c(NC(=O)c3ccc(S(=O)(=O)NC4CC4)cc3)ccnc12. The number of nitrogens with zero attached hydrogens (tertiary/aromatic N) is 1. The van der Waals surface area contributed by atoms with Gasteiger partial charge in [-0.3, -0.25) is 9.78 Å². The van der Waals surface area contributed by atoms with Gasteiger partial charge in [0.05, 0.1) is 16.1 Å². The molecule has 6 nitrogen and oxygen atoms in total. The largest absolute Gasteiger partial charge is 0.321 e. The van der Waals surface area contributed by atoms with Crippen LogP contribution in [-0.2, 0) is 10.0 Å². The predicted octanol–water partition coefficient (Wildman–Crippen LogP) is 3.24. The van der Waals surface area contributed by atoms with Crippen LogP contribution >= 0.6 is 0 Å². The fraction of sp³-hybridized carbons (Fsp3) is 0.200. The molecule has 0 bridgehead atoms. The van der Waals surface area contributed by atoms with E-state index in [1.165, 1.54) is 24.3 Å². The minimum Gasteiger partial charge on any atom is -0.321 e. The van der Waals surface area contributed by atoms with Crippen molar-refractivity contribution >= 4 is 32.5 Å². The van der Waals surface area contributed by atoms with Crippen molar-refractivity contribution in [1.29, 1.82) is 0 Å². The molecule has 2 aromatic carbocycles. The van der Waals surface area contributed by atoms with E-state index in [0.717, 1.165) is 29.3 Å². The molecular weight excluding hydrogens is 362 g/mol. The van der Waals surface area contributed by atoms with Crippen LogP contribution in [-0.4, -0.2) is 25.4 Å². The third kappa shape index (κ3) is 3.70. The number of aromatic nitrogens is 1. The molecule has 1 heterocycles. The summed E-state index contributed by atoms with van der Waals surface area (Å²) in [5.74, 6) is -0.303. The number of sulfonamides is 1. The molecule has 0 unspecified atom stereocenters. The zero-order chi connectivity index (χ0) is 19.0. The fourth-order valence-corrected chi connectivity index (χ4v) is 4.21. The number of carbonyl (C=O) groups is 1. The lowest BCUT2D eigenvalue weighted by Gasteiger charge is -2.10. The van der Waals surface area contributed by atoms with Crippen LogP contribution in [0.15, 0.2) is 59.6 Å². The number of hydrogen-bond acceptors (Lipinski definition) is 4. The van der Waals surface area contributed by atoms with Gasteiger partial charge in [-0.05, 0) is 55.7 Å². The van der Waals surface area contributed by atoms with Gasteiger partial charge in [-0.1, -0.05) is 18.2 Å². The third-order valence-corrected chi connectivity index (χ3v) is 6.08. The highest BCUT2D eigenvalue weighted by atomic mass is 32.2. The minimum absolute atomic E-state index is 0.0430. The Hall–Kier alpha value is -2.77. The molecule has 1 aliphatic rings. The number of para-hydroxylation sites is 1. The highest BCUT2D eigenvalue weighted by Crippen LogP contribution is 2.25. The maximum Gasteiger partial charge on any atom is 0.255 e. The molecule has 0 saturated heterocycles. The van der Waals surface area contributed by atoms with E-state index in [1.54, 1.807) is 12.3 Å². The summed E-state index contributed by atoms with van der Waals surface area (Å²) in [6.07, 6.45) is 3.41. The molecule has 0 radical (unpaired) electrons. The summed E-state index contributed by atoms with van der Waals surface area (Å²) in [6.45, 7) is 1.97. The molecule has 1 amide bonds. The van der Waals surface area contributed by atoms with Crippen LogP contribution in [0.1, 0.15) is 28.8 Å². The number of rotatable bonds is 5. The maximum atomic E-state index is 12.6. The van der Waals surface area contributed by atoms with Crippen molar-refractivity contribution in [3.63, 3.8) is 0 Å². The Morgan fingerprint density at radius 3 is 2.52 bits per heavy atom. The highest BCUT2D eigenvalue weighted by Gasteiger charge is 2.28. The van der Waals surface area contributed by atoms with Gasteiger partial charge in [0.25, 0.3) is 5.91 Å². The molecule has 4 rings (SSSR count). The molecule has 3 aromatic rings. The van der Waals surface area contributed by atoms with E-state index in [1.807, 2.05) is 25.1 Å². The van der Waals surface area contributed by atoms with E-state index < -0.39 is 10.0 Å². The van der Waals surface area contributed by atoms with Crippen LogP contribution in [0.25, 0.3) is 10.9 Å². The Balaban J connectivity index is 1.56. The number of anilines is 1. The Morgan fingerprint density at radius 1 is 1.07 bits per heavy atom. The molecule has 0 spiro atoms. The van der Waals surface area contributed by atoms with Crippen molar-refractivity contribution in [3.05, 3.63) is 65.9 Å². The number of pyridine rings is 1. The lowest BCUT2D eigenvalue weighted by Crippen LogP contribution is -2.25. The van der Waals surface area contributed by atoms with Crippen LogP contribution in [0.5, 0.6) is 0 Å². The first-order valence-electron chi connectivity index (χ1n) is 8.72. The van der Waals surface area contributed by atoms with Crippen molar-refractivity contribution in [2.45, 2.75) is 30.7 Å². The second-order valence-corrected chi connectivity index (χ2v) is 8.42. The second kappa shape index (κ2) is 6.75. The van der Waals surface area contributed by atoms with Gasteiger partial charge in [-0.15, -0.1) is 0 Å². The van der Waals surface area contributed by atoms with Crippen LogP contribution in [0, 0.1) is 6.92 Å². The van der Waals surface area contributed by atoms with Gasteiger partial charge in [0.2, 0.25) is 10.0 Å². The maximum absolute atomic E-state index is 12.6. The molecule has 0 aliphatic heterocycles. The average Bonchev–Trinajstić information content (AvgIpc) is 3.46. The molecule has 1 fully saturated rings. The van der Waals surface area contributed by atoms with Crippen LogP contribution in [0.3, 0.4) is 0 Å².